The Hall–Kier alpha value is -2.27. The second-order valence-corrected chi connectivity index (χ2v) is 3.11. The van der Waals surface area contributed by atoms with Crippen molar-refractivity contribution in [1.82, 2.24) is 0 Å². The third-order valence-electron chi connectivity index (χ3n) is 2.00. The van der Waals surface area contributed by atoms with Gasteiger partial charge in [-0.3, -0.25) is 0 Å². The number of benzene rings is 1. The molecule has 2 heteroatoms. The average molecular weight is 195 g/mol. The van der Waals surface area contributed by atoms with Gasteiger partial charge < -0.3 is 0 Å². The van der Waals surface area contributed by atoms with E-state index < -0.39 is 0 Å². The molecule has 2 nitrogen and oxygen atoms in total. The summed E-state index contributed by atoms with van der Waals surface area (Å²) in [6, 6.07) is 15.5. The van der Waals surface area contributed by atoms with Crippen LogP contribution in [0.1, 0.15) is 11.3 Å². The maximum atomic E-state index is 5.70. The molecule has 1 aromatic carbocycles. The van der Waals surface area contributed by atoms with Crippen LogP contribution in [-0.2, 0) is 0 Å². The average Bonchev–Trinajstić information content (AvgIpc) is 2.29. The predicted molar refractivity (Wildman–Crippen MR) is 59.2 cm³/mol. The summed E-state index contributed by atoms with van der Waals surface area (Å²) in [6.07, 6.45) is 1.77. The molecule has 72 valence electrons. The highest BCUT2D eigenvalue weighted by Crippen LogP contribution is 1.95. The predicted octanol–water partition coefficient (Wildman–Crippen LogP) is 1.09. The van der Waals surface area contributed by atoms with Crippen molar-refractivity contribution >= 4 is 0 Å². The van der Waals surface area contributed by atoms with E-state index in [2.05, 4.69) is 11.8 Å². The van der Waals surface area contributed by atoms with Crippen LogP contribution in [0.5, 0.6) is 0 Å². The molecule has 0 spiro atoms. The Labute approximate surface area is 89.0 Å². The lowest BCUT2D eigenvalue weighted by atomic mass is 10.2. The summed E-state index contributed by atoms with van der Waals surface area (Å²) in [6.45, 7) is 0. The summed E-state index contributed by atoms with van der Waals surface area (Å²) in [7, 11) is 0. The topological polar surface area (TPSA) is 29.9 Å². The zero-order valence-electron chi connectivity index (χ0n) is 8.22. The second kappa shape index (κ2) is 4.30. The molecule has 2 N–H and O–H groups in total. The van der Waals surface area contributed by atoms with Gasteiger partial charge >= 0.3 is 0 Å². The Balaban J connectivity index is 2.31. The van der Waals surface area contributed by atoms with E-state index in [9.17, 15) is 0 Å². The maximum Gasteiger partial charge on any atom is 0.285 e. The van der Waals surface area contributed by atoms with E-state index in [-0.39, 0.29) is 0 Å². The fourth-order valence-corrected chi connectivity index (χ4v) is 1.22. The van der Waals surface area contributed by atoms with Crippen molar-refractivity contribution in [2.45, 2.75) is 0 Å². The van der Waals surface area contributed by atoms with Crippen LogP contribution in [0.3, 0.4) is 0 Å². The molecule has 15 heavy (non-hydrogen) atoms. The van der Waals surface area contributed by atoms with Gasteiger partial charge in [0.05, 0.1) is 0 Å². The van der Waals surface area contributed by atoms with Crippen LogP contribution in [0.4, 0.5) is 0 Å². The van der Waals surface area contributed by atoms with E-state index in [1.807, 2.05) is 48.5 Å². The lowest BCUT2D eigenvalue weighted by molar-refractivity contribution is -0.641. The Morgan fingerprint density at radius 3 is 2.33 bits per heavy atom. The lowest BCUT2D eigenvalue weighted by Crippen LogP contribution is -2.46. The van der Waals surface area contributed by atoms with Gasteiger partial charge in [-0.2, -0.15) is 0 Å². The van der Waals surface area contributed by atoms with Crippen molar-refractivity contribution in [1.29, 1.82) is 0 Å². The minimum absolute atomic E-state index is 0.793. The Morgan fingerprint density at radius 1 is 0.867 bits per heavy atom. The summed E-state index contributed by atoms with van der Waals surface area (Å²) >= 11 is 0. The molecule has 0 unspecified atom stereocenters. The molecule has 0 aliphatic carbocycles. The fraction of sp³-hybridized carbons (Fsp3) is 0. The van der Waals surface area contributed by atoms with Crippen molar-refractivity contribution in [3.05, 3.63) is 66.0 Å². The van der Waals surface area contributed by atoms with Gasteiger partial charge in [0, 0.05) is 23.6 Å². The van der Waals surface area contributed by atoms with Crippen LogP contribution in [-0.4, -0.2) is 0 Å². The summed E-state index contributed by atoms with van der Waals surface area (Å²) in [4.78, 5) is 0. The molecule has 0 saturated carbocycles. The number of nitrogen functional groups attached to an aromatic ring is 1. The monoisotopic (exact) mass is 195 g/mol. The van der Waals surface area contributed by atoms with Crippen molar-refractivity contribution in [3.63, 3.8) is 0 Å². The molecule has 0 saturated heterocycles. The van der Waals surface area contributed by atoms with Crippen LogP contribution >= 0.6 is 0 Å². The smallest absolute Gasteiger partial charge is 0.204 e. The maximum absolute atomic E-state index is 5.70. The van der Waals surface area contributed by atoms with Gasteiger partial charge in [-0.1, -0.05) is 28.8 Å². The first-order valence-electron chi connectivity index (χ1n) is 4.69. The van der Waals surface area contributed by atoms with E-state index in [4.69, 9.17) is 5.84 Å². The first kappa shape index (κ1) is 9.29. The highest BCUT2D eigenvalue weighted by Gasteiger charge is 1.99. The Morgan fingerprint density at radius 2 is 1.60 bits per heavy atom. The van der Waals surface area contributed by atoms with Crippen molar-refractivity contribution < 1.29 is 4.68 Å². The lowest BCUT2D eigenvalue weighted by Gasteiger charge is -1.88. The minimum atomic E-state index is 0.793. The number of rotatable bonds is 0. The largest absolute Gasteiger partial charge is 0.285 e. The van der Waals surface area contributed by atoms with Crippen LogP contribution in [0.2, 0.25) is 0 Å². The van der Waals surface area contributed by atoms with Crippen molar-refractivity contribution in [2.75, 3.05) is 5.84 Å². The minimum Gasteiger partial charge on any atom is -0.204 e. The van der Waals surface area contributed by atoms with Gasteiger partial charge in [0.2, 0.25) is 6.20 Å². The molecule has 0 amide bonds. The number of nitrogens with zero attached hydrogens (tertiary/aromatic N) is 1. The zero-order valence-corrected chi connectivity index (χ0v) is 8.22. The third-order valence-corrected chi connectivity index (χ3v) is 2.00. The molecule has 0 bridgehead atoms. The summed E-state index contributed by atoms with van der Waals surface area (Å²) in [5.74, 6) is 11.8. The summed E-state index contributed by atoms with van der Waals surface area (Å²) < 4.78 is 1.51. The first-order chi connectivity index (χ1) is 7.36. The molecule has 0 radical (unpaired) electrons. The summed E-state index contributed by atoms with van der Waals surface area (Å²) in [5, 5.41) is 0. The van der Waals surface area contributed by atoms with Crippen molar-refractivity contribution in [3.8, 4) is 11.8 Å². The Kier molecular flexibility index (Phi) is 2.66. The molecule has 0 aliphatic rings. The van der Waals surface area contributed by atoms with E-state index in [1.54, 1.807) is 6.20 Å². The van der Waals surface area contributed by atoms with Gasteiger partial charge in [-0.15, -0.1) is 0 Å². The van der Waals surface area contributed by atoms with E-state index in [1.165, 1.54) is 4.68 Å². The number of hydrogen-bond donors (Lipinski definition) is 1. The van der Waals surface area contributed by atoms with Gasteiger partial charge in [-0.25, -0.2) is 5.84 Å². The molecule has 1 aromatic heterocycles. The normalized spacial score (nSPS) is 9.07. The zero-order chi connectivity index (χ0) is 10.5. The molecule has 0 atom stereocenters. The van der Waals surface area contributed by atoms with Gasteiger partial charge in [0.1, 0.15) is 0 Å². The first-order valence-corrected chi connectivity index (χ1v) is 4.69. The van der Waals surface area contributed by atoms with Gasteiger partial charge in [-0.05, 0) is 18.2 Å². The molecular formula is C13H11N2+. The van der Waals surface area contributed by atoms with E-state index in [0.717, 1.165) is 11.3 Å². The van der Waals surface area contributed by atoms with Gasteiger partial charge in [0.15, 0.2) is 0 Å². The molecule has 1 heterocycles. The number of aromatic nitrogens is 1. The molecule has 2 aromatic rings. The van der Waals surface area contributed by atoms with Crippen LogP contribution < -0.4 is 10.5 Å². The number of pyridine rings is 1. The van der Waals surface area contributed by atoms with Crippen molar-refractivity contribution in [2.24, 2.45) is 0 Å². The second-order valence-electron chi connectivity index (χ2n) is 3.11. The number of nitrogens with two attached hydrogens (primary N) is 1. The Bertz CT molecular complexity index is 507. The molecule has 0 fully saturated rings. The molecular weight excluding hydrogens is 184 g/mol. The molecule has 0 aliphatic heterocycles. The highest BCUT2D eigenvalue weighted by molar-refractivity contribution is 5.38. The summed E-state index contributed by atoms with van der Waals surface area (Å²) in [5.41, 5.74) is 1.78. The van der Waals surface area contributed by atoms with Crippen LogP contribution in [0.15, 0.2) is 54.7 Å². The van der Waals surface area contributed by atoms with Crippen LogP contribution in [0.25, 0.3) is 0 Å². The SMILES string of the molecule is N[n+]1ccccc1C#Cc1ccccc1. The fourth-order valence-electron chi connectivity index (χ4n) is 1.22. The number of hydrogen-bond acceptors (Lipinski definition) is 1. The highest BCUT2D eigenvalue weighted by atomic mass is 15.3. The van der Waals surface area contributed by atoms with Gasteiger partial charge in [0.25, 0.3) is 5.69 Å². The standard InChI is InChI=1S/C13H11N2/c14-15-11-5-4-8-13(15)10-9-12-6-2-1-3-7-12/h1-8,11H,14H2/q+1. The quantitative estimate of drug-likeness (QED) is 0.380. The van der Waals surface area contributed by atoms with E-state index >= 15 is 0 Å². The third kappa shape index (κ3) is 2.35. The molecule has 2 rings (SSSR count). The van der Waals surface area contributed by atoms with Crippen LogP contribution in [0, 0.1) is 11.8 Å². The van der Waals surface area contributed by atoms with E-state index in [0.29, 0.717) is 0 Å².